The first-order chi connectivity index (χ1) is 9.20. The number of ether oxygens (including phenoxy) is 1. The molecular formula is C15H12BrNO2. The van der Waals surface area contributed by atoms with Crippen LogP contribution in [-0.2, 0) is 6.61 Å². The number of aliphatic hydroxyl groups excluding tert-OH is 1. The van der Waals surface area contributed by atoms with Crippen LogP contribution < -0.4 is 4.74 Å². The minimum absolute atomic E-state index is 0.396. The molecule has 2 aromatic rings. The highest BCUT2D eigenvalue weighted by Crippen LogP contribution is 2.29. The van der Waals surface area contributed by atoms with Gasteiger partial charge in [-0.25, -0.2) is 0 Å². The van der Waals surface area contributed by atoms with Gasteiger partial charge in [-0.05, 0) is 23.8 Å². The van der Waals surface area contributed by atoms with Crippen molar-refractivity contribution < 1.29 is 9.84 Å². The number of nitriles is 1. The van der Waals surface area contributed by atoms with E-state index in [1.807, 2.05) is 36.4 Å². The van der Waals surface area contributed by atoms with Crippen LogP contribution in [0.3, 0.4) is 0 Å². The van der Waals surface area contributed by atoms with E-state index in [0.717, 1.165) is 10.0 Å². The molecule has 1 atom stereocenters. The summed E-state index contributed by atoms with van der Waals surface area (Å²) in [6.45, 7) is 0.396. The van der Waals surface area contributed by atoms with E-state index >= 15 is 0 Å². The van der Waals surface area contributed by atoms with E-state index in [2.05, 4.69) is 15.9 Å². The fourth-order valence-corrected chi connectivity index (χ4v) is 2.05. The van der Waals surface area contributed by atoms with Gasteiger partial charge in [0.2, 0.25) is 0 Å². The summed E-state index contributed by atoms with van der Waals surface area (Å²) in [6, 6.07) is 16.8. The van der Waals surface area contributed by atoms with Crippen LogP contribution in [0.1, 0.15) is 17.2 Å². The lowest BCUT2D eigenvalue weighted by atomic mass is 10.1. The van der Waals surface area contributed by atoms with Crippen LogP contribution in [0.15, 0.2) is 53.0 Å². The Labute approximate surface area is 120 Å². The van der Waals surface area contributed by atoms with Gasteiger partial charge in [0.05, 0.1) is 6.07 Å². The second kappa shape index (κ2) is 6.37. The van der Waals surface area contributed by atoms with Gasteiger partial charge in [-0.1, -0.05) is 46.3 Å². The Hall–Kier alpha value is -1.83. The van der Waals surface area contributed by atoms with Crippen molar-refractivity contribution in [2.75, 3.05) is 0 Å². The zero-order valence-corrected chi connectivity index (χ0v) is 11.7. The Balaban J connectivity index is 2.18. The molecule has 0 aliphatic heterocycles. The summed E-state index contributed by atoms with van der Waals surface area (Å²) in [5.74, 6) is 0.515. The summed E-state index contributed by atoms with van der Waals surface area (Å²) in [7, 11) is 0. The topological polar surface area (TPSA) is 53.2 Å². The van der Waals surface area contributed by atoms with Gasteiger partial charge in [-0.15, -0.1) is 0 Å². The molecule has 0 aliphatic rings. The van der Waals surface area contributed by atoms with Gasteiger partial charge in [0, 0.05) is 10.0 Å². The van der Waals surface area contributed by atoms with Crippen molar-refractivity contribution in [3.05, 3.63) is 64.1 Å². The van der Waals surface area contributed by atoms with Gasteiger partial charge in [-0.2, -0.15) is 5.26 Å². The van der Waals surface area contributed by atoms with Crippen molar-refractivity contribution in [1.82, 2.24) is 0 Å². The molecule has 2 rings (SSSR count). The average Bonchev–Trinajstić information content (AvgIpc) is 2.46. The van der Waals surface area contributed by atoms with Gasteiger partial charge < -0.3 is 9.84 Å². The molecule has 0 radical (unpaired) electrons. The molecule has 0 spiro atoms. The highest BCUT2D eigenvalue weighted by molar-refractivity contribution is 9.10. The normalized spacial score (nSPS) is 11.6. The molecule has 2 aromatic carbocycles. The SMILES string of the molecule is N#C[C@H](O)c1cc(Br)ccc1OCc1ccccc1. The Morgan fingerprint density at radius 2 is 1.95 bits per heavy atom. The van der Waals surface area contributed by atoms with Crippen molar-refractivity contribution in [2.45, 2.75) is 12.7 Å². The lowest BCUT2D eigenvalue weighted by Gasteiger charge is -2.12. The smallest absolute Gasteiger partial charge is 0.169 e. The zero-order chi connectivity index (χ0) is 13.7. The van der Waals surface area contributed by atoms with E-state index < -0.39 is 6.10 Å². The molecule has 0 heterocycles. The maximum absolute atomic E-state index is 9.67. The summed E-state index contributed by atoms with van der Waals surface area (Å²) >= 11 is 3.31. The predicted molar refractivity (Wildman–Crippen MR) is 75.5 cm³/mol. The minimum Gasteiger partial charge on any atom is -0.488 e. The molecule has 3 nitrogen and oxygen atoms in total. The van der Waals surface area contributed by atoms with Crippen LogP contribution >= 0.6 is 15.9 Å². The first-order valence-corrected chi connectivity index (χ1v) is 6.54. The Bertz CT molecular complexity index is 593. The van der Waals surface area contributed by atoms with Crippen molar-refractivity contribution in [2.24, 2.45) is 0 Å². The molecule has 4 heteroatoms. The molecule has 0 saturated carbocycles. The standard InChI is InChI=1S/C15H12BrNO2/c16-12-6-7-15(13(8-12)14(18)9-17)19-10-11-4-2-1-3-5-11/h1-8,14,18H,10H2/t14-/m0/s1. The third-order valence-electron chi connectivity index (χ3n) is 2.63. The van der Waals surface area contributed by atoms with Crippen LogP contribution in [-0.4, -0.2) is 5.11 Å². The first-order valence-electron chi connectivity index (χ1n) is 5.74. The maximum Gasteiger partial charge on any atom is 0.169 e. The summed E-state index contributed by atoms with van der Waals surface area (Å²) in [5.41, 5.74) is 1.50. The van der Waals surface area contributed by atoms with E-state index in [1.165, 1.54) is 0 Å². The molecule has 1 N–H and O–H groups in total. The second-order valence-electron chi connectivity index (χ2n) is 3.99. The number of hydrogen-bond acceptors (Lipinski definition) is 3. The third kappa shape index (κ3) is 3.57. The maximum atomic E-state index is 9.67. The summed E-state index contributed by atoms with van der Waals surface area (Å²) in [5, 5.41) is 18.5. The molecule has 0 unspecified atom stereocenters. The number of benzene rings is 2. The fourth-order valence-electron chi connectivity index (χ4n) is 1.67. The monoisotopic (exact) mass is 317 g/mol. The van der Waals surface area contributed by atoms with Crippen LogP contribution in [0.25, 0.3) is 0 Å². The summed E-state index contributed by atoms with van der Waals surface area (Å²) in [6.07, 6.45) is -1.19. The molecule has 19 heavy (non-hydrogen) atoms. The highest BCUT2D eigenvalue weighted by Gasteiger charge is 2.13. The molecule has 0 aliphatic carbocycles. The van der Waals surface area contributed by atoms with E-state index in [0.29, 0.717) is 17.9 Å². The average molecular weight is 318 g/mol. The lowest BCUT2D eigenvalue weighted by molar-refractivity contribution is 0.223. The van der Waals surface area contributed by atoms with Gasteiger partial charge >= 0.3 is 0 Å². The largest absolute Gasteiger partial charge is 0.488 e. The predicted octanol–water partition coefficient (Wildman–Crippen LogP) is 3.59. The highest BCUT2D eigenvalue weighted by atomic mass is 79.9. The quantitative estimate of drug-likeness (QED) is 0.877. The molecule has 0 fully saturated rings. The van der Waals surface area contributed by atoms with E-state index in [1.54, 1.807) is 18.2 Å². The number of rotatable bonds is 4. The van der Waals surface area contributed by atoms with Crippen LogP contribution in [0.5, 0.6) is 5.75 Å². The van der Waals surface area contributed by atoms with E-state index in [9.17, 15) is 5.11 Å². The van der Waals surface area contributed by atoms with Crippen LogP contribution in [0.2, 0.25) is 0 Å². The molecule has 0 aromatic heterocycles. The number of halogens is 1. The number of nitrogens with zero attached hydrogens (tertiary/aromatic N) is 1. The molecule has 0 saturated heterocycles. The zero-order valence-electron chi connectivity index (χ0n) is 10.1. The third-order valence-corrected chi connectivity index (χ3v) is 3.12. The molecule has 96 valence electrons. The Morgan fingerprint density at radius 1 is 1.21 bits per heavy atom. The van der Waals surface area contributed by atoms with Crippen LogP contribution in [0, 0.1) is 11.3 Å². The van der Waals surface area contributed by atoms with Crippen molar-refractivity contribution in [3.8, 4) is 11.8 Å². The van der Waals surface area contributed by atoms with Crippen molar-refractivity contribution in [1.29, 1.82) is 5.26 Å². The van der Waals surface area contributed by atoms with Gasteiger partial charge in [0.15, 0.2) is 6.10 Å². The number of aliphatic hydroxyl groups is 1. The molecule has 0 bridgehead atoms. The van der Waals surface area contributed by atoms with Gasteiger partial charge in [0.25, 0.3) is 0 Å². The minimum atomic E-state index is -1.19. The van der Waals surface area contributed by atoms with Gasteiger partial charge in [0.1, 0.15) is 12.4 Å². The lowest BCUT2D eigenvalue weighted by Crippen LogP contribution is -2.01. The second-order valence-corrected chi connectivity index (χ2v) is 4.90. The molecule has 0 amide bonds. The summed E-state index contributed by atoms with van der Waals surface area (Å²) in [4.78, 5) is 0. The van der Waals surface area contributed by atoms with Crippen molar-refractivity contribution >= 4 is 15.9 Å². The van der Waals surface area contributed by atoms with E-state index in [-0.39, 0.29) is 0 Å². The number of hydrogen-bond donors (Lipinski definition) is 1. The Kier molecular flexibility index (Phi) is 4.56. The van der Waals surface area contributed by atoms with Crippen LogP contribution in [0.4, 0.5) is 0 Å². The van der Waals surface area contributed by atoms with Crippen molar-refractivity contribution in [3.63, 3.8) is 0 Å². The first kappa shape index (κ1) is 13.6. The van der Waals surface area contributed by atoms with E-state index in [4.69, 9.17) is 10.00 Å². The summed E-state index contributed by atoms with van der Waals surface area (Å²) < 4.78 is 6.46. The Morgan fingerprint density at radius 3 is 2.63 bits per heavy atom. The fraction of sp³-hybridized carbons (Fsp3) is 0.133. The van der Waals surface area contributed by atoms with Gasteiger partial charge in [-0.3, -0.25) is 0 Å². The molecular weight excluding hydrogens is 306 g/mol.